The molecule has 2 N–H and O–H groups in total. The van der Waals surface area contributed by atoms with Crippen molar-refractivity contribution in [2.75, 3.05) is 6.61 Å². The second-order valence-electron chi connectivity index (χ2n) is 5.30. The Labute approximate surface area is 119 Å². The Morgan fingerprint density at radius 2 is 2.30 bits per heavy atom. The molecule has 1 atom stereocenters. The number of fused-ring (bicyclic) bond motifs is 1. The molecular formula is C16H21N3O. The van der Waals surface area contributed by atoms with Crippen LogP contribution in [0, 0.1) is 0 Å². The monoisotopic (exact) mass is 271 g/mol. The summed E-state index contributed by atoms with van der Waals surface area (Å²) in [6, 6.07) is 8.16. The Bertz CT molecular complexity index is 618. The Balaban J connectivity index is 2.01. The fourth-order valence-electron chi connectivity index (χ4n) is 2.83. The average molecular weight is 271 g/mol. The maximum absolute atomic E-state index is 6.47. The van der Waals surface area contributed by atoms with Crippen LogP contribution in [-0.4, -0.2) is 16.4 Å². The highest BCUT2D eigenvalue weighted by atomic mass is 16.5. The number of nitrogens with two attached hydrogens (primary N) is 1. The number of aromatic nitrogens is 2. The Morgan fingerprint density at radius 1 is 1.45 bits per heavy atom. The van der Waals surface area contributed by atoms with E-state index in [-0.39, 0.29) is 6.04 Å². The van der Waals surface area contributed by atoms with E-state index in [0.717, 1.165) is 48.6 Å². The van der Waals surface area contributed by atoms with Crippen LogP contribution in [0.4, 0.5) is 0 Å². The summed E-state index contributed by atoms with van der Waals surface area (Å²) in [7, 11) is 1.95. The molecule has 20 heavy (non-hydrogen) atoms. The van der Waals surface area contributed by atoms with Crippen molar-refractivity contribution >= 4 is 0 Å². The third kappa shape index (κ3) is 2.20. The van der Waals surface area contributed by atoms with E-state index in [4.69, 9.17) is 10.5 Å². The van der Waals surface area contributed by atoms with Gasteiger partial charge in [-0.15, -0.1) is 0 Å². The quantitative estimate of drug-likeness (QED) is 0.932. The topological polar surface area (TPSA) is 53.1 Å². The summed E-state index contributed by atoms with van der Waals surface area (Å²) in [5, 5.41) is 4.48. The van der Waals surface area contributed by atoms with Crippen LogP contribution >= 0.6 is 0 Å². The third-order valence-electron chi connectivity index (χ3n) is 3.95. The number of benzene rings is 1. The summed E-state index contributed by atoms with van der Waals surface area (Å²) in [4.78, 5) is 0. The van der Waals surface area contributed by atoms with Crippen LogP contribution in [0.5, 0.6) is 5.75 Å². The number of ether oxygens (including phenoxy) is 1. The van der Waals surface area contributed by atoms with E-state index in [0.29, 0.717) is 0 Å². The van der Waals surface area contributed by atoms with Gasteiger partial charge in [-0.1, -0.05) is 25.1 Å². The van der Waals surface area contributed by atoms with Gasteiger partial charge in [0.25, 0.3) is 0 Å². The molecule has 0 fully saturated rings. The predicted octanol–water partition coefficient (Wildman–Crippen LogP) is 2.36. The van der Waals surface area contributed by atoms with Crippen LogP contribution in [0.2, 0.25) is 0 Å². The molecule has 0 bridgehead atoms. The van der Waals surface area contributed by atoms with Crippen molar-refractivity contribution in [3.8, 4) is 5.75 Å². The molecule has 2 aromatic rings. The van der Waals surface area contributed by atoms with E-state index in [1.165, 1.54) is 5.56 Å². The van der Waals surface area contributed by atoms with Crippen LogP contribution in [0.1, 0.15) is 41.9 Å². The van der Waals surface area contributed by atoms with Gasteiger partial charge in [-0.05, 0) is 30.9 Å². The predicted molar refractivity (Wildman–Crippen MR) is 78.9 cm³/mol. The van der Waals surface area contributed by atoms with Crippen molar-refractivity contribution in [3.63, 3.8) is 0 Å². The van der Waals surface area contributed by atoms with Crippen molar-refractivity contribution in [2.24, 2.45) is 12.8 Å². The van der Waals surface area contributed by atoms with Crippen LogP contribution < -0.4 is 10.5 Å². The second-order valence-corrected chi connectivity index (χ2v) is 5.30. The zero-order valence-corrected chi connectivity index (χ0v) is 12.1. The molecule has 0 amide bonds. The largest absolute Gasteiger partial charge is 0.493 e. The summed E-state index contributed by atoms with van der Waals surface area (Å²) in [6.45, 7) is 2.88. The van der Waals surface area contributed by atoms with E-state index >= 15 is 0 Å². The minimum absolute atomic E-state index is 0.194. The fourth-order valence-corrected chi connectivity index (χ4v) is 2.83. The molecule has 0 saturated carbocycles. The van der Waals surface area contributed by atoms with Crippen molar-refractivity contribution in [3.05, 3.63) is 46.8 Å². The summed E-state index contributed by atoms with van der Waals surface area (Å²) in [5.74, 6) is 0.977. The van der Waals surface area contributed by atoms with Crippen molar-refractivity contribution in [1.82, 2.24) is 9.78 Å². The standard InChI is InChI=1S/C16H21N3O/c1-3-12-10-14(19(2)18-12)15(17)13-8-4-6-11-7-5-9-20-16(11)13/h4,6,8,10,15H,3,5,7,9,17H2,1-2H3. The van der Waals surface area contributed by atoms with Crippen molar-refractivity contribution in [1.29, 1.82) is 0 Å². The maximum Gasteiger partial charge on any atom is 0.127 e. The van der Waals surface area contributed by atoms with Gasteiger partial charge in [0.05, 0.1) is 24.0 Å². The molecule has 1 aromatic carbocycles. The molecule has 0 spiro atoms. The van der Waals surface area contributed by atoms with Crippen LogP contribution in [-0.2, 0) is 19.9 Å². The van der Waals surface area contributed by atoms with Gasteiger partial charge in [0.1, 0.15) is 5.75 Å². The second kappa shape index (κ2) is 5.29. The molecule has 4 heteroatoms. The SMILES string of the molecule is CCc1cc(C(N)c2cccc3c2OCCC3)n(C)n1. The number of para-hydroxylation sites is 1. The first-order chi connectivity index (χ1) is 9.70. The average Bonchev–Trinajstić information content (AvgIpc) is 2.87. The van der Waals surface area contributed by atoms with Gasteiger partial charge in [-0.25, -0.2) is 0 Å². The molecule has 4 nitrogen and oxygen atoms in total. The van der Waals surface area contributed by atoms with Gasteiger partial charge in [-0.2, -0.15) is 5.10 Å². The third-order valence-corrected chi connectivity index (χ3v) is 3.95. The Hall–Kier alpha value is -1.81. The molecule has 106 valence electrons. The van der Waals surface area contributed by atoms with Crippen LogP contribution in [0.15, 0.2) is 24.3 Å². The summed E-state index contributed by atoms with van der Waals surface area (Å²) in [6.07, 6.45) is 3.07. The van der Waals surface area contributed by atoms with E-state index in [1.54, 1.807) is 0 Å². The van der Waals surface area contributed by atoms with E-state index in [9.17, 15) is 0 Å². The number of hydrogen-bond acceptors (Lipinski definition) is 3. The van der Waals surface area contributed by atoms with Gasteiger partial charge >= 0.3 is 0 Å². The zero-order valence-electron chi connectivity index (χ0n) is 12.1. The first-order valence-electron chi connectivity index (χ1n) is 7.23. The number of hydrogen-bond donors (Lipinski definition) is 1. The minimum Gasteiger partial charge on any atom is -0.493 e. The molecule has 1 aromatic heterocycles. The highest BCUT2D eigenvalue weighted by molar-refractivity contribution is 5.46. The van der Waals surface area contributed by atoms with Gasteiger partial charge < -0.3 is 10.5 Å². The van der Waals surface area contributed by atoms with Crippen LogP contribution in [0.25, 0.3) is 0 Å². The first-order valence-corrected chi connectivity index (χ1v) is 7.23. The normalized spacial score (nSPS) is 15.6. The molecule has 2 heterocycles. The molecular weight excluding hydrogens is 250 g/mol. The Kier molecular flexibility index (Phi) is 3.49. The molecule has 0 aliphatic carbocycles. The van der Waals surface area contributed by atoms with E-state index in [1.807, 2.05) is 11.7 Å². The number of rotatable bonds is 3. The smallest absolute Gasteiger partial charge is 0.127 e. The molecule has 1 aliphatic rings. The lowest BCUT2D eigenvalue weighted by molar-refractivity contribution is 0.284. The van der Waals surface area contributed by atoms with Gasteiger partial charge in [0.2, 0.25) is 0 Å². The van der Waals surface area contributed by atoms with E-state index < -0.39 is 0 Å². The highest BCUT2D eigenvalue weighted by Crippen LogP contribution is 2.34. The first kappa shape index (κ1) is 13.2. The van der Waals surface area contributed by atoms with Gasteiger partial charge in [0.15, 0.2) is 0 Å². The maximum atomic E-state index is 6.47. The van der Waals surface area contributed by atoms with Crippen molar-refractivity contribution in [2.45, 2.75) is 32.2 Å². The lowest BCUT2D eigenvalue weighted by Crippen LogP contribution is -2.19. The van der Waals surface area contributed by atoms with E-state index in [2.05, 4.69) is 36.3 Å². The van der Waals surface area contributed by atoms with Gasteiger partial charge in [0, 0.05) is 12.6 Å². The zero-order chi connectivity index (χ0) is 14.1. The fraction of sp³-hybridized carbons (Fsp3) is 0.438. The van der Waals surface area contributed by atoms with Crippen molar-refractivity contribution < 1.29 is 4.74 Å². The highest BCUT2D eigenvalue weighted by Gasteiger charge is 2.22. The lowest BCUT2D eigenvalue weighted by Gasteiger charge is -2.23. The summed E-state index contributed by atoms with van der Waals surface area (Å²) >= 11 is 0. The molecule has 3 rings (SSSR count). The number of aryl methyl sites for hydroxylation is 3. The lowest BCUT2D eigenvalue weighted by atomic mass is 9.96. The molecule has 1 unspecified atom stereocenters. The molecule has 1 aliphatic heterocycles. The molecule has 0 radical (unpaired) electrons. The Morgan fingerprint density at radius 3 is 3.05 bits per heavy atom. The number of nitrogens with zero attached hydrogens (tertiary/aromatic N) is 2. The van der Waals surface area contributed by atoms with Gasteiger partial charge in [-0.3, -0.25) is 4.68 Å². The summed E-state index contributed by atoms with van der Waals surface area (Å²) in [5.41, 5.74) is 10.9. The molecule has 0 saturated heterocycles. The minimum atomic E-state index is -0.194. The van der Waals surface area contributed by atoms with Crippen LogP contribution in [0.3, 0.4) is 0 Å². The summed E-state index contributed by atoms with van der Waals surface area (Å²) < 4.78 is 7.74.